The molecule has 0 unspecified atom stereocenters. The molecule has 0 aliphatic rings. The van der Waals surface area contributed by atoms with Gasteiger partial charge in [0.25, 0.3) is 0 Å². The van der Waals surface area contributed by atoms with Crippen molar-refractivity contribution in [1.29, 1.82) is 0 Å². The zero-order valence-electron chi connectivity index (χ0n) is 10.4. The smallest absolute Gasteiger partial charge is 0.0953 e. The summed E-state index contributed by atoms with van der Waals surface area (Å²) in [5.41, 5.74) is 0.224. The lowest BCUT2D eigenvalue weighted by molar-refractivity contribution is 0.376. The number of thiazole rings is 1. The van der Waals surface area contributed by atoms with Crippen LogP contribution in [0.15, 0.2) is 6.20 Å². The van der Waals surface area contributed by atoms with Gasteiger partial charge in [-0.25, -0.2) is 4.98 Å². The van der Waals surface area contributed by atoms with E-state index < -0.39 is 0 Å². The van der Waals surface area contributed by atoms with Crippen LogP contribution in [0, 0.1) is 0 Å². The van der Waals surface area contributed by atoms with Crippen molar-refractivity contribution >= 4 is 11.3 Å². The van der Waals surface area contributed by atoms with Crippen molar-refractivity contribution in [1.82, 2.24) is 10.3 Å². The first-order chi connectivity index (χ1) is 6.94. The van der Waals surface area contributed by atoms with Crippen LogP contribution in [-0.2, 0) is 6.54 Å². The third-order valence-electron chi connectivity index (χ3n) is 2.69. The largest absolute Gasteiger partial charge is 0.307 e. The molecule has 0 saturated carbocycles. The summed E-state index contributed by atoms with van der Waals surface area (Å²) in [4.78, 5) is 5.75. The summed E-state index contributed by atoms with van der Waals surface area (Å²) >= 11 is 1.82. The number of rotatable bonds is 5. The van der Waals surface area contributed by atoms with Crippen LogP contribution in [0.3, 0.4) is 0 Å². The van der Waals surface area contributed by atoms with Crippen LogP contribution in [0.1, 0.15) is 56.8 Å². The van der Waals surface area contributed by atoms with Gasteiger partial charge in [-0.3, -0.25) is 0 Å². The minimum absolute atomic E-state index is 0.224. The standard InChI is InChI=1S/C12H22N2S/c1-6-12(4,5)14-8-10-7-13-11(15-10)9(2)3/h7,9,14H,6,8H2,1-5H3. The van der Waals surface area contributed by atoms with Gasteiger partial charge in [-0.15, -0.1) is 11.3 Å². The van der Waals surface area contributed by atoms with Gasteiger partial charge in [0.1, 0.15) is 0 Å². The molecule has 0 aliphatic heterocycles. The Bertz CT molecular complexity index is 302. The Balaban J connectivity index is 2.51. The van der Waals surface area contributed by atoms with E-state index in [2.05, 4.69) is 44.9 Å². The van der Waals surface area contributed by atoms with Gasteiger partial charge in [-0.05, 0) is 20.3 Å². The summed E-state index contributed by atoms with van der Waals surface area (Å²) < 4.78 is 0. The normalized spacial score (nSPS) is 12.4. The molecular formula is C12H22N2S. The van der Waals surface area contributed by atoms with Crippen LogP contribution < -0.4 is 5.32 Å². The monoisotopic (exact) mass is 226 g/mol. The summed E-state index contributed by atoms with van der Waals surface area (Å²) in [5.74, 6) is 0.544. The number of nitrogens with zero attached hydrogens (tertiary/aromatic N) is 1. The second-order valence-electron chi connectivity index (χ2n) is 4.91. The molecule has 2 nitrogen and oxygen atoms in total. The predicted octanol–water partition coefficient (Wildman–Crippen LogP) is 3.54. The van der Waals surface area contributed by atoms with Crippen LogP contribution in [0.25, 0.3) is 0 Å². The molecule has 1 N–H and O–H groups in total. The van der Waals surface area contributed by atoms with E-state index in [0.29, 0.717) is 5.92 Å². The second kappa shape index (κ2) is 5.08. The van der Waals surface area contributed by atoms with Crippen LogP contribution in [0.4, 0.5) is 0 Å². The molecule has 0 aromatic carbocycles. The average Bonchev–Trinajstić information content (AvgIpc) is 2.63. The number of hydrogen-bond acceptors (Lipinski definition) is 3. The third kappa shape index (κ3) is 3.92. The fourth-order valence-corrected chi connectivity index (χ4v) is 1.98. The highest BCUT2D eigenvalue weighted by Gasteiger charge is 2.14. The van der Waals surface area contributed by atoms with Crippen molar-refractivity contribution in [3.63, 3.8) is 0 Å². The van der Waals surface area contributed by atoms with E-state index in [1.807, 2.05) is 17.5 Å². The highest BCUT2D eigenvalue weighted by molar-refractivity contribution is 7.11. The Hall–Kier alpha value is -0.410. The Morgan fingerprint density at radius 3 is 2.60 bits per heavy atom. The number of aromatic nitrogens is 1. The summed E-state index contributed by atoms with van der Waals surface area (Å²) in [5, 5.41) is 4.78. The highest BCUT2D eigenvalue weighted by Crippen LogP contribution is 2.21. The zero-order chi connectivity index (χ0) is 11.5. The van der Waals surface area contributed by atoms with Gasteiger partial charge in [0, 0.05) is 29.1 Å². The topological polar surface area (TPSA) is 24.9 Å². The lowest BCUT2D eigenvalue weighted by atomic mass is 10.0. The van der Waals surface area contributed by atoms with E-state index in [9.17, 15) is 0 Å². The SMILES string of the molecule is CCC(C)(C)NCc1cnc(C(C)C)s1. The van der Waals surface area contributed by atoms with Crippen molar-refractivity contribution in [2.75, 3.05) is 0 Å². The van der Waals surface area contributed by atoms with Gasteiger partial charge in [0.2, 0.25) is 0 Å². The van der Waals surface area contributed by atoms with Gasteiger partial charge in [-0.2, -0.15) is 0 Å². The Morgan fingerprint density at radius 1 is 1.47 bits per heavy atom. The molecule has 1 aromatic rings. The van der Waals surface area contributed by atoms with Crippen LogP contribution in [-0.4, -0.2) is 10.5 Å². The first kappa shape index (κ1) is 12.7. The van der Waals surface area contributed by atoms with Gasteiger partial charge >= 0.3 is 0 Å². The third-order valence-corrected chi connectivity index (χ3v) is 3.99. The second-order valence-corrected chi connectivity index (χ2v) is 6.06. The number of nitrogens with one attached hydrogen (secondary N) is 1. The molecule has 0 radical (unpaired) electrons. The van der Waals surface area contributed by atoms with Gasteiger partial charge in [0.15, 0.2) is 0 Å². The van der Waals surface area contributed by atoms with E-state index in [1.54, 1.807) is 0 Å². The summed E-state index contributed by atoms with van der Waals surface area (Å²) in [6.45, 7) is 12.0. The highest BCUT2D eigenvalue weighted by atomic mass is 32.1. The van der Waals surface area contributed by atoms with Gasteiger partial charge in [-0.1, -0.05) is 20.8 Å². The molecule has 3 heteroatoms. The van der Waals surface area contributed by atoms with Crippen molar-refractivity contribution in [3.05, 3.63) is 16.1 Å². The molecule has 0 bridgehead atoms. The Labute approximate surface area is 97.1 Å². The fourth-order valence-electron chi connectivity index (χ4n) is 1.12. The molecular weight excluding hydrogens is 204 g/mol. The minimum Gasteiger partial charge on any atom is -0.307 e. The molecule has 1 aromatic heterocycles. The molecule has 86 valence electrons. The molecule has 1 rings (SSSR count). The molecule has 0 saturated heterocycles. The van der Waals surface area contributed by atoms with Crippen molar-refractivity contribution < 1.29 is 0 Å². The molecule has 0 aliphatic carbocycles. The first-order valence-electron chi connectivity index (χ1n) is 5.64. The van der Waals surface area contributed by atoms with Crippen molar-refractivity contribution in [3.8, 4) is 0 Å². The zero-order valence-corrected chi connectivity index (χ0v) is 11.2. The van der Waals surface area contributed by atoms with Crippen LogP contribution in [0.5, 0.6) is 0 Å². The molecule has 1 heterocycles. The van der Waals surface area contributed by atoms with Crippen molar-refractivity contribution in [2.45, 2.75) is 59.0 Å². The van der Waals surface area contributed by atoms with E-state index in [0.717, 1.165) is 13.0 Å². The lowest BCUT2D eigenvalue weighted by Crippen LogP contribution is -2.37. The predicted molar refractivity (Wildman–Crippen MR) is 67.4 cm³/mol. The van der Waals surface area contributed by atoms with Crippen LogP contribution in [0.2, 0.25) is 0 Å². The van der Waals surface area contributed by atoms with E-state index in [-0.39, 0.29) is 5.54 Å². The number of hydrogen-bond donors (Lipinski definition) is 1. The molecule has 15 heavy (non-hydrogen) atoms. The van der Waals surface area contributed by atoms with E-state index >= 15 is 0 Å². The minimum atomic E-state index is 0.224. The van der Waals surface area contributed by atoms with Gasteiger partial charge < -0.3 is 5.32 Å². The van der Waals surface area contributed by atoms with Gasteiger partial charge in [0.05, 0.1) is 5.01 Å². The Kier molecular flexibility index (Phi) is 4.29. The fraction of sp³-hybridized carbons (Fsp3) is 0.750. The lowest BCUT2D eigenvalue weighted by Gasteiger charge is -2.23. The average molecular weight is 226 g/mol. The van der Waals surface area contributed by atoms with Crippen molar-refractivity contribution in [2.24, 2.45) is 0 Å². The maximum Gasteiger partial charge on any atom is 0.0953 e. The maximum atomic E-state index is 4.42. The van der Waals surface area contributed by atoms with Crippen LogP contribution >= 0.6 is 11.3 Å². The summed E-state index contributed by atoms with van der Waals surface area (Å²) in [6.07, 6.45) is 3.14. The summed E-state index contributed by atoms with van der Waals surface area (Å²) in [6, 6.07) is 0. The molecule has 0 spiro atoms. The Morgan fingerprint density at radius 2 is 2.13 bits per heavy atom. The molecule has 0 fully saturated rings. The summed E-state index contributed by atoms with van der Waals surface area (Å²) in [7, 11) is 0. The quantitative estimate of drug-likeness (QED) is 0.830. The van der Waals surface area contributed by atoms with E-state index in [4.69, 9.17) is 0 Å². The maximum absolute atomic E-state index is 4.42. The molecule has 0 amide bonds. The van der Waals surface area contributed by atoms with E-state index in [1.165, 1.54) is 9.88 Å². The first-order valence-corrected chi connectivity index (χ1v) is 6.46. The molecule has 0 atom stereocenters.